The van der Waals surface area contributed by atoms with Crippen molar-refractivity contribution in [1.82, 2.24) is 0 Å². The van der Waals surface area contributed by atoms with Crippen molar-refractivity contribution in [2.24, 2.45) is 0 Å². The van der Waals surface area contributed by atoms with Crippen molar-refractivity contribution in [3.8, 4) is 0 Å². The van der Waals surface area contributed by atoms with Gasteiger partial charge in [-0.05, 0) is 32.6 Å². The van der Waals surface area contributed by atoms with E-state index in [0.29, 0.717) is 59.1 Å². The second-order valence-corrected chi connectivity index (χ2v) is 7.41. The van der Waals surface area contributed by atoms with Crippen LogP contribution in [0.4, 0.5) is 0 Å². The van der Waals surface area contributed by atoms with Gasteiger partial charge in [-0.3, -0.25) is 4.79 Å². The molecule has 0 fully saturated rings. The lowest BCUT2D eigenvalue weighted by Crippen LogP contribution is -2.15. The molecule has 174 valence electrons. The van der Waals surface area contributed by atoms with Crippen LogP contribution in [-0.2, 0) is 28.5 Å². The predicted octanol–water partition coefficient (Wildman–Crippen LogP) is 4.93. The smallest absolute Gasteiger partial charge is 0.306 e. The third-order valence-corrected chi connectivity index (χ3v) is 4.47. The molecule has 1 unspecified atom stereocenters. The number of ether oxygens (including phenoxy) is 5. The molecule has 0 bridgehead atoms. The summed E-state index contributed by atoms with van der Waals surface area (Å²) in [6.45, 7) is 11.2. The van der Waals surface area contributed by atoms with Gasteiger partial charge in [-0.1, -0.05) is 46.0 Å². The molecule has 0 aliphatic rings. The van der Waals surface area contributed by atoms with Gasteiger partial charge in [0.05, 0.1) is 45.7 Å². The first-order chi connectivity index (χ1) is 14.2. The average Bonchev–Trinajstić information content (AvgIpc) is 2.71. The Morgan fingerprint density at radius 1 is 0.621 bits per heavy atom. The van der Waals surface area contributed by atoms with Gasteiger partial charge in [0.1, 0.15) is 0 Å². The second kappa shape index (κ2) is 23.6. The lowest BCUT2D eigenvalue weighted by Gasteiger charge is -2.13. The van der Waals surface area contributed by atoms with Gasteiger partial charge >= 0.3 is 5.97 Å². The molecule has 0 spiro atoms. The number of carbonyl (C=O) groups is 1. The van der Waals surface area contributed by atoms with Crippen molar-refractivity contribution in [2.45, 2.75) is 91.1 Å². The number of rotatable bonds is 23. The molecule has 0 aliphatic carbocycles. The molecule has 0 amide bonds. The van der Waals surface area contributed by atoms with Gasteiger partial charge in [0, 0.05) is 19.6 Å². The summed E-state index contributed by atoms with van der Waals surface area (Å²) in [5.74, 6) is -0.126. The van der Waals surface area contributed by atoms with E-state index in [1.165, 1.54) is 32.1 Å². The van der Waals surface area contributed by atoms with Crippen molar-refractivity contribution in [3.63, 3.8) is 0 Å². The van der Waals surface area contributed by atoms with Crippen LogP contribution >= 0.6 is 0 Å². The highest BCUT2D eigenvalue weighted by molar-refractivity contribution is 5.69. The number of carbonyl (C=O) groups excluding carboxylic acids is 1. The molecule has 0 radical (unpaired) electrons. The SMILES string of the molecule is CCCCCCC(C)OC(=O)CCCOCCOCCOCCOCCCCC. The second-order valence-electron chi connectivity index (χ2n) is 7.41. The highest BCUT2D eigenvalue weighted by atomic mass is 16.6. The molecule has 6 nitrogen and oxygen atoms in total. The van der Waals surface area contributed by atoms with Crippen LogP contribution < -0.4 is 0 Å². The highest BCUT2D eigenvalue weighted by Gasteiger charge is 2.09. The first-order valence-corrected chi connectivity index (χ1v) is 11.7. The van der Waals surface area contributed by atoms with Gasteiger partial charge in [-0.2, -0.15) is 0 Å². The fraction of sp³-hybridized carbons (Fsp3) is 0.957. The molecule has 0 aromatic heterocycles. The quantitative estimate of drug-likeness (QED) is 0.173. The summed E-state index contributed by atoms with van der Waals surface area (Å²) >= 11 is 0. The summed E-state index contributed by atoms with van der Waals surface area (Å²) in [6.07, 6.45) is 10.4. The van der Waals surface area contributed by atoms with Crippen LogP contribution in [0.15, 0.2) is 0 Å². The van der Waals surface area contributed by atoms with E-state index in [2.05, 4.69) is 13.8 Å². The van der Waals surface area contributed by atoms with Gasteiger partial charge in [0.15, 0.2) is 0 Å². The van der Waals surface area contributed by atoms with Gasteiger partial charge in [0.25, 0.3) is 0 Å². The summed E-state index contributed by atoms with van der Waals surface area (Å²) < 4.78 is 27.2. The van der Waals surface area contributed by atoms with Gasteiger partial charge < -0.3 is 23.7 Å². The Morgan fingerprint density at radius 3 is 1.66 bits per heavy atom. The fourth-order valence-electron chi connectivity index (χ4n) is 2.74. The van der Waals surface area contributed by atoms with Crippen LogP contribution in [0.3, 0.4) is 0 Å². The Labute approximate surface area is 178 Å². The molecule has 0 N–H and O–H groups in total. The first-order valence-electron chi connectivity index (χ1n) is 11.7. The van der Waals surface area contributed by atoms with Crippen LogP contribution in [0.5, 0.6) is 0 Å². The highest BCUT2D eigenvalue weighted by Crippen LogP contribution is 2.09. The molecule has 0 saturated heterocycles. The van der Waals surface area contributed by atoms with Gasteiger partial charge in [-0.15, -0.1) is 0 Å². The van der Waals surface area contributed by atoms with E-state index in [0.717, 1.165) is 25.9 Å². The Morgan fingerprint density at radius 2 is 1.10 bits per heavy atom. The van der Waals surface area contributed by atoms with E-state index < -0.39 is 0 Å². The number of esters is 1. The molecule has 29 heavy (non-hydrogen) atoms. The lowest BCUT2D eigenvalue weighted by molar-refractivity contribution is -0.149. The molecule has 0 aliphatic heterocycles. The maximum absolute atomic E-state index is 11.8. The molecule has 0 aromatic rings. The Balaban J connectivity index is 3.21. The summed E-state index contributed by atoms with van der Waals surface area (Å²) in [5.41, 5.74) is 0. The summed E-state index contributed by atoms with van der Waals surface area (Å²) in [4.78, 5) is 11.8. The molecule has 1 atom stereocenters. The number of hydrogen-bond donors (Lipinski definition) is 0. The van der Waals surface area contributed by atoms with Crippen LogP contribution in [0.2, 0.25) is 0 Å². The van der Waals surface area contributed by atoms with Crippen molar-refractivity contribution in [3.05, 3.63) is 0 Å². The maximum atomic E-state index is 11.8. The third-order valence-electron chi connectivity index (χ3n) is 4.47. The van der Waals surface area contributed by atoms with Crippen LogP contribution in [-0.4, -0.2) is 64.9 Å². The molecule has 0 heterocycles. The molecule has 0 rings (SSSR count). The molecule has 0 saturated carbocycles. The maximum Gasteiger partial charge on any atom is 0.306 e. The topological polar surface area (TPSA) is 63.2 Å². The molecular formula is C23H46O6. The fourth-order valence-corrected chi connectivity index (χ4v) is 2.74. The first kappa shape index (κ1) is 28.3. The molecule has 6 heteroatoms. The Hall–Kier alpha value is -0.690. The number of hydrogen-bond acceptors (Lipinski definition) is 6. The zero-order chi connectivity index (χ0) is 21.4. The average molecular weight is 419 g/mol. The normalized spacial score (nSPS) is 12.2. The predicted molar refractivity (Wildman–Crippen MR) is 116 cm³/mol. The molecular weight excluding hydrogens is 372 g/mol. The minimum atomic E-state index is -0.126. The van der Waals surface area contributed by atoms with E-state index in [4.69, 9.17) is 23.7 Å². The van der Waals surface area contributed by atoms with E-state index in [1.54, 1.807) is 0 Å². The van der Waals surface area contributed by atoms with Gasteiger partial charge in [-0.25, -0.2) is 0 Å². The largest absolute Gasteiger partial charge is 0.463 e. The van der Waals surface area contributed by atoms with Crippen molar-refractivity contribution >= 4 is 5.97 Å². The summed E-state index contributed by atoms with van der Waals surface area (Å²) in [5, 5.41) is 0. The van der Waals surface area contributed by atoms with E-state index in [-0.39, 0.29) is 12.1 Å². The zero-order valence-electron chi connectivity index (χ0n) is 19.3. The van der Waals surface area contributed by atoms with Gasteiger partial charge in [0.2, 0.25) is 0 Å². The number of unbranched alkanes of at least 4 members (excludes halogenated alkanes) is 5. The van der Waals surface area contributed by atoms with Crippen LogP contribution in [0.25, 0.3) is 0 Å². The van der Waals surface area contributed by atoms with E-state index in [9.17, 15) is 4.79 Å². The van der Waals surface area contributed by atoms with Crippen molar-refractivity contribution in [2.75, 3.05) is 52.9 Å². The third kappa shape index (κ3) is 23.5. The zero-order valence-corrected chi connectivity index (χ0v) is 19.3. The van der Waals surface area contributed by atoms with E-state index >= 15 is 0 Å². The van der Waals surface area contributed by atoms with Crippen molar-refractivity contribution in [1.29, 1.82) is 0 Å². The summed E-state index contributed by atoms with van der Waals surface area (Å²) in [7, 11) is 0. The van der Waals surface area contributed by atoms with Crippen LogP contribution in [0, 0.1) is 0 Å². The molecule has 0 aromatic carbocycles. The standard InChI is InChI=1S/C23H46O6/c1-4-6-8-9-12-22(3)29-23(24)13-11-15-26-17-19-28-21-20-27-18-16-25-14-10-7-5-2/h22H,4-21H2,1-3H3. The van der Waals surface area contributed by atoms with Crippen LogP contribution in [0.1, 0.15) is 85.0 Å². The monoisotopic (exact) mass is 418 g/mol. The minimum Gasteiger partial charge on any atom is -0.463 e. The van der Waals surface area contributed by atoms with Crippen molar-refractivity contribution < 1.29 is 28.5 Å². The summed E-state index contributed by atoms with van der Waals surface area (Å²) in [6, 6.07) is 0. The lowest BCUT2D eigenvalue weighted by atomic mass is 10.1. The Bertz CT molecular complexity index is 337. The van der Waals surface area contributed by atoms with E-state index in [1.807, 2.05) is 6.92 Å². The minimum absolute atomic E-state index is 0.0171. The Kier molecular flexibility index (Phi) is 23.0.